The zero-order chi connectivity index (χ0) is 19.9. The molecule has 4 rings (SSSR count). The van der Waals surface area contributed by atoms with E-state index in [1.165, 1.54) is 22.7 Å². The van der Waals surface area contributed by atoms with Crippen LogP contribution in [0.5, 0.6) is 5.75 Å². The zero-order valence-corrected chi connectivity index (χ0v) is 17.5. The van der Waals surface area contributed by atoms with Crippen molar-refractivity contribution in [1.82, 2.24) is 14.4 Å². The van der Waals surface area contributed by atoms with E-state index in [2.05, 4.69) is 10.1 Å². The van der Waals surface area contributed by atoms with Gasteiger partial charge in [0.25, 0.3) is 0 Å². The third-order valence-electron chi connectivity index (χ3n) is 4.69. The van der Waals surface area contributed by atoms with Gasteiger partial charge in [-0.15, -0.1) is 11.3 Å². The smallest absolute Gasteiger partial charge is 0.243 e. The summed E-state index contributed by atoms with van der Waals surface area (Å²) in [6.45, 7) is 4.06. The predicted molar refractivity (Wildman–Crippen MR) is 106 cm³/mol. The third kappa shape index (κ3) is 3.69. The Morgan fingerprint density at radius 3 is 2.86 bits per heavy atom. The van der Waals surface area contributed by atoms with Crippen molar-refractivity contribution >= 4 is 21.4 Å². The first-order valence-electron chi connectivity index (χ1n) is 8.89. The van der Waals surface area contributed by atoms with E-state index in [1.807, 2.05) is 31.4 Å². The molecule has 0 aliphatic carbocycles. The predicted octanol–water partition coefficient (Wildman–Crippen LogP) is 3.72. The van der Waals surface area contributed by atoms with Gasteiger partial charge in [-0.25, -0.2) is 8.42 Å². The molecule has 28 heavy (non-hydrogen) atoms. The Hall–Kier alpha value is -2.23. The van der Waals surface area contributed by atoms with Crippen molar-refractivity contribution < 1.29 is 17.7 Å². The Bertz CT molecular complexity index is 1090. The Balaban J connectivity index is 1.53. The van der Waals surface area contributed by atoms with Gasteiger partial charge in [0.2, 0.25) is 21.7 Å². The Labute approximate surface area is 168 Å². The van der Waals surface area contributed by atoms with E-state index in [0.717, 1.165) is 29.0 Å². The Morgan fingerprint density at radius 1 is 1.29 bits per heavy atom. The minimum Gasteiger partial charge on any atom is -0.488 e. The molecule has 148 valence electrons. The second kappa shape index (κ2) is 6.98. The van der Waals surface area contributed by atoms with Crippen LogP contribution in [-0.2, 0) is 23.0 Å². The lowest BCUT2D eigenvalue weighted by atomic mass is 9.94. The Morgan fingerprint density at radius 2 is 2.11 bits per heavy atom. The summed E-state index contributed by atoms with van der Waals surface area (Å²) >= 11 is 1.49. The van der Waals surface area contributed by atoms with Crippen LogP contribution in [0.15, 0.2) is 45.1 Å². The number of hydrogen-bond acceptors (Lipinski definition) is 7. The normalized spacial score (nSPS) is 16.0. The number of rotatable bonds is 5. The van der Waals surface area contributed by atoms with Gasteiger partial charge in [-0.2, -0.15) is 9.29 Å². The van der Waals surface area contributed by atoms with Gasteiger partial charge < -0.3 is 9.26 Å². The fourth-order valence-corrected chi connectivity index (χ4v) is 4.90. The van der Waals surface area contributed by atoms with E-state index in [-0.39, 0.29) is 22.9 Å². The standard InChI is InChI=1S/C19H21N3O4S2/c1-19(2)9-8-13-11-14(6-7-15(13)25-19)28(23,24)22(3)12-17-20-18(21-26-17)16-5-4-10-27-16/h4-7,10-11H,8-9,12H2,1-3H3. The third-order valence-corrected chi connectivity index (χ3v) is 7.36. The van der Waals surface area contributed by atoms with Gasteiger partial charge in [-0.3, -0.25) is 0 Å². The zero-order valence-electron chi connectivity index (χ0n) is 15.9. The summed E-state index contributed by atoms with van der Waals surface area (Å²) in [5, 5.41) is 5.84. The largest absolute Gasteiger partial charge is 0.488 e. The number of thiophene rings is 1. The van der Waals surface area contributed by atoms with E-state index in [9.17, 15) is 8.42 Å². The highest BCUT2D eigenvalue weighted by atomic mass is 32.2. The molecule has 0 fully saturated rings. The molecule has 7 nitrogen and oxygen atoms in total. The molecule has 0 atom stereocenters. The number of nitrogens with zero attached hydrogens (tertiary/aromatic N) is 3. The van der Waals surface area contributed by atoms with Crippen molar-refractivity contribution in [2.45, 2.75) is 43.7 Å². The molecule has 0 saturated carbocycles. The van der Waals surface area contributed by atoms with Crippen molar-refractivity contribution in [3.05, 3.63) is 47.2 Å². The quantitative estimate of drug-likeness (QED) is 0.626. The van der Waals surface area contributed by atoms with Gasteiger partial charge in [-0.05, 0) is 61.9 Å². The first-order valence-corrected chi connectivity index (χ1v) is 11.2. The maximum absolute atomic E-state index is 13.0. The SMILES string of the molecule is CN(Cc1nc(-c2cccs2)no1)S(=O)(=O)c1ccc2c(c1)CCC(C)(C)O2. The molecule has 1 aliphatic rings. The molecule has 0 unspecified atom stereocenters. The molecule has 0 amide bonds. The van der Waals surface area contributed by atoms with Crippen LogP contribution in [0.2, 0.25) is 0 Å². The average Bonchev–Trinajstić information content (AvgIpc) is 3.31. The fourth-order valence-electron chi connectivity index (χ4n) is 3.08. The lowest BCUT2D eigenvalue weighted by Gasteiger charge is -2.32. The summed E-state index contributed by atoms with van der Waals surface area (Å²) in [4.78, 5) is 5.40. The molecular weight excluding hydrogens is 398 g/mol. The number of hydrogen-bond donors (Lipinski definition) is 0. The van der Waals surface area contributed by atoms with Crippen LogP contribution in [-0.4, -0.2) is 35.5 Å². The highest BCUT2D eigenvalue weighted by Gasteiger charge is 2.29. The molecule has 1 aromatic carbocycles. The monoisotopic (exact) mass is 419 g/mol. The number of aryl methyl sites for hydroxylation is 1. The summed E-state index contributed by atoms with van der Waals surface area (Å²) in [6.07, 6.45) is 1.62. The van der Waals surface area contributed by atoms with Crippen LogP contribution in [0.25, 0.3) is 10.7 Å². The summed E-state index contributed by atoms with van der Waals surface area (Å²) in [5.74, 6) is 1.46. The summed E-state index contributed by atoms with van der Waals surface area (Å²) in [5.41, 5.74) is 0.675. The van der Waals surface area contributed by atoms with Crippen molar-refractivity contribution in [1.29, 1.82) is 0 Å². The maximum atomic E-state index is 13.0. The van der Waals surface area contributed by atoms with E-state index in [1.54, 1.807) is 18.2 Å². The summed E-state index contributed by atoms with van der Waals surface area (Å²) in [7, 11) is -2.19. The molecule has 3 heterocycles. The second-order valence-corrected chi connectivity index (χ2v) is 10.4. The Kier molecular flexibility index (Phi) is 4.76. The lowest BCUT2D eigenvalue weighted by molar-refractivity contribution is 0.0845. The number of ether oxygens (including phenoxy) is 1. The number of benzene rings is 1. The first-order chi connectivity index (χ1) is 13.2. The second-order valence-electron chi connectivity index (χ2n) is 7.38. The molecule has 0 spiro atoms. The highest BCUT2D eigenvalue weighted by molar-refractivity contribution is 7.89. The van der Waals surface area contributed by atoms with Gasteiger partial charge in [0.15, 0.2) is 0 Å². The highest BCUT2D eigenvalue weighted by Crippen LogP contribution is 2.34. The van der Waals surface area contributed by atoms with E-state index >= 15 is 0 Å². The van der Waals surface area contributed by atoms with Gasteiger partial charge in [-0.1, -0.05) is 11.2 Å². The summed E-state index contributed by atoms with van der Waals surface area (Å²) < 4.78 is 38.3. The van der Waals surface area contributed by atoms with Crippen molar-refractivity contribution in [2.24, 2.45) is 0 Å². The van der Waals surface area contributed by atoms with Gasteiger partial charge in [0.1, 0.15) is 11.4 Å². The van der Waals surface area contributed by atoms with Crippen LogP contribution >= 0.6 is 11.3 Å². The van der Waals surface area contributed by atoms with E-state index < -0.39 is 10.0 Å². The molecule has 2 aromatic heterocycles. The molecular formula is C19H21N3O4S2. The maximum Gasteiger partial charge on any atom is 0.243 e. The molecule has 0 radical (unpaired) electrons. The minimum absolute atomic E-state index is 0.00131. The van der Waals surface area contributed by atoms with Crippen LogP contribution in [0.1, 0.15) is 31.7 Å². The summed E-state index contributed by atoms with van der Waals surface area (Å²) in [6, 6.07) is 8.79. The van der Waals surface area contributed by atoms with Crippen LogP contribution in [0, 0.1) is 0 Å². The van der Waals surface area contributed by atoms with Crippen LogP contribution in [0.3, 0.4) is 0 Å². The van der Waals surface area contributed by atoms with Gasteiger partial charge in [0.05, 0.1) is 16.3 Å². The van der Waals surface area contributed by atoms with E-state index in [0.29, 0.717) is 5.82 Å². The number of sulfonamides is 1. The molecule has 3 aromatic rings. The molecule has 0 bridgehead atoms. The minimum atomic E-state index is -3.69. The lowest BCUT2D eigenvalue weighted by Crippen LogP contribution is -2.33. The average molecular weight is 420 g/mol. The van der Waals surface area contributed by atoms with Crippen molar-refractivity contribution in [2.75, 3.05) is 7.05 Å². The first kappa shape index (κ1) is 19.1. The fraction of sp³-hybridized carbons (Fsp3) is 0.368. The van der Waals surface area contributed by atoms with Crippen molar-refractivity contribution in [3.63, 3.8) is 0 Å². The molecule has 9 heteroatoms. The van der Waals surface area contributed by atoms with Gasteiger partial charge >= 0.3 is 0 Å². The number of aromatic nitrogens is 2. The topological polar surface area (TPSA) is 85.5 Å². The van der Waals surface area contributed by atoms with Crippen LogP contribution < -0.4 is 4.74 Å². The van der Waals surface area contributed by atoms with Gasteiger partial charge in [0, 0.05) is 7.05 Å². The number of fused-ring (bicyclic) bond motifs is 1. The van der Waals surface area contributed by atoms with E-state index in [4.69, 9.17) is 9.26 Å². The van der Waals surface area contributed by atoms with Crippen molar-refractivity contribution in [3.8, 4) is 16.5 Å². The van der Waals surface area contributed by atoms with Crippen LogP contribution in [0.4, 0.5) is 0 Å². The molecule has 0 N–H and O–H groups in total. The molecule has 1 aliphatic heterocycles. The molecule has 0 saturated heterocycles.